The number of hydrogen-bond acceptors (Lipinski definition) is 2. The number of hydrogen-bond donors (Lipinski definition) is 0. The highest BCUT2D eigenvalue weighted by Crippen LogP contribution is 2.24. The first-order valence-electron chi connectivity index (χ1n) is 4.85. The average molecular weight is 211 g/mol. The number of nitrogens with zero attached hydrogens (tertiary/aromatic N) is 1. The van der Waals surface area contributed by atoms with Gasteiger partial charge in [0.05, 0.1) is 6.61 Å². The third-order valence-corrected chi connectivity index (χ3v) is 2.59. The molecule has 1 heterocycles. The minimum absolute atomic E-state index is 0.257. The Morgan fingerprint density at radius 3 is 2.43 bits per heavy atom. The standard InChI is InChI=1S/C9H16F3NO/c1-7(2)8-3-4-13(8)5-6-14-9(10,11)12/h7-8H,3-6H2,1-2H3/t8-/m1/s1. The van der Waals surface area contributed by atoms with E-state index in [0.717, 1.165) is 13.0 Å². The summed E-state index contributed by atoms with van der Waals surface area (Å²) in [6.07, 6.45) is -3.40. The lowest BCUT2D eigenvalue weighted by atomic mass is 9.92. The maximum atomic E-state index is 11.6. The summed E-state index contributed by atoms with van der Waals surface area (Å²) in [4.78, 5) is 2.04. The quantitative estimate of drug-likeness (QED) is 0.707. The summed E-state index contributed by atoms with van der Waals surface area (Å²) in [5.41, 5.74) is 0. The Bertz CT molecular complexity index is 181. The average Bonchev–Trinajstić information content (AvgIpc) is 1.92. The molecule has 0 aromatic carbocycles. The predicted molar refractivity (Wildman–Crippen MR) is 46.8 cm³/mol. The van der Waals surface area contributed by atoms with Crippen LogP contribution in [0.1, 0.15) is 20.3 Å². The largest absolute Gasteiger partial charge is 0.522 e. The van der Waals surface area contributed by atoms with E-state index < -0.39 is 6.36 Å². The van der Waals surface area contributed by atoms with E-state index in [2.05, 4.69) is 18.6 Å². The zero-order valence-electron chi connectivity index (χ0n) is 8.47. The number of ether oxygens (including phenoxy) is 1. The zero-order chi connectivity index (χ0) is 10.8. The van der Waals surface area contributed by atoms with Crippen molar-refractivity contribution in [2.45, 2.75) is 32.7 Å². The second-order valence-corrected chi connectivity index (χ2v) is 3.93. The van der Waals surface area contributed by atoms with Gasteiger partial charge in [-0.15, -0.1) is 13.2 Å². The SMILES string of the molecule is CC(C)[C@H]1CCN1CCOC(F)(F)F. The molecular formula is C9H16F3NO. The molecule has 1 aliphatic heterocycles. The fraction of sp³-hybridized carbons (Fsp3) is 1.00. The molecule has 1 fully saturated rings. The molecule has 84 valence electrons. The fourth-order valence-corrected chi connectivity index (χ4v) is 1.77. The van der Waals surface area contributed by atoms with Gasteiger partial charge >= 0.3 is 6.36 Å². The van der Waals surface area contributed by atoms with Gasteiger partial charge in [-0.25, -0.2) is 0 Å². The van der Waals surface area contributed by atoms with E-state index >= 15 is 0 Å². The lowest BCUT2D eigenvalue weighted by Gasteiger charge is -2.43. The van der Waals surface area contributed by atoms with E-state index in [4.69, 9.17) is 0 Å². The van der Waals surface area contributed by atoms with Crippen LogP contribution in [0.4, 0.5) is 13.2 Å². The second-order valence-electron chi connectivity index (χ2n) is 3.93. The summed E-state index contributed by atoms with van der Waals surface area (Å²) in [6.45, 7) is 5.18. The zero-order valence-corrected chi connectivity index (χ0v) is 8.47. The van der Waals surface area contributed by atoms with E-state index in [1.165, 1.54) is 0 Å². The van der Waals surface area contributed by atoms with E-state index in [9.17, 15) is 13.2 Å². The van der Waals surface area contributed by atoms with Gasteiger partial charge in [-0.2, -0.15) is 0 Å². The van der Waals surface area contributed by atoms with Crippen molar-refractivity contribution in [1.29, 1.82) is 0 Å². The number of alkyl halides is 3. The molecule has 1 saturated heterocycles. The molecule has 0 saturated carbocycles. The third kappa shape index (κ3) is 3.46. The van der Waals surface area contributed by atoms with E-state index in [1.54, 1.807) is 0 Å². The summed E-state index contributed by atoms with van der Waals surface area (Å²) in [7, 11) is 0. The van der Waals surface area contributed by atoms with Crippen LogP contribution < -0.4 is 0 Å². The summed E-state index contributed by atoms with van der Waals surface area (Å²) in [6, 6.07) is 0.437. The van der Waals surface area contributed by atoms with Gasteiger partial charge < -0.3 is 0 Å². The van der Waals surface area contributed by atoms with Gasteiger partial charge in [-0.1, -0.05) is 13.8 Å². The van der Waals surface area contributed by atoms with Crippen molar-refractivity contribution >= 4 is 0 Å². The van der Waals surface area contributed by atoms with Crippen molar-refractivity contribution in [1.82, 2.24) is 4.90 Å². The van der Waals surface area contributed by atoms with E-state index in [-0.39, 0.29) is 6.61 Å². The monoisotopic (exact) mass is 211 g/mol. The van der Waals surface area contributed by atoms with Crippen molar-refractivity contribution in [3.05, 3.63) is 0 Å². The summed E-state index contributed by atoms with van der Waals surface area (Å²) >= 11 is 0. The highest BCUT2D eigenvalue weighted by atomic mass is 19.4. The van der Waals surface area contributed by atoms with Crippen LogP contribution in [0.5, 0.6) is 0 Å². The van der Waals surface area contributed by atoms with Crippen molar-refractivity contribution in [2.24, 2.45) is 5.92 Å². The first-order chi connectivity index (χ1) is 6.40. The summed E-state index contributed by atoms with van der Waals surface area (Å²) < 4.78 is 38.7. The number of rotatable bonds is 4. The highest BCUT2D eigenvalue weighted by Gasteiger charge is 2.32. The second kappa shape index (κ2) is 4.49. The van der Waals surface area contributed by atoms with Crippen molar-refractivity contribution < 1.29 is 17.9 Å². The molecule has 2 nitrogen and oxygen atoms in total. The normalized spacial score (nSPS) is 24.0. The van der Waals surface area contributed by atoms with Crippen LogP contribution in [-0.4, -0.2) is 37.0 Å². The lowest BCUT2D eigenvalue weighted by molar-refractivity contribution is -0.325. The molecule has 0 bridgehead atoms. The molecule has 0 aromatic heterocycles. The van der Waals surface area contributed by atoms with Crippen LogP contribution >= 0.6 is 0 Å². The first-order valence-corrected chi connectivity index (χ1v) is 4.85. The minimum Gasteiger partial charge on any atom is -0.298 e. The van der Waals surface area contributed by atoms with Crippen LogP contribution in [0.2, 0.25) is 0 Å². The van der Waals surface area contributed by atoms with Gasteiger partial charge in [0.1, 0.15) is 0 Å². The molecule has 1 aliphatic rings. The topological polar surface area (TPSA) is 12.5 Å². The van der Waals surface area contributed by atoms with Gasteiger partial charge in [0.15, 0.2) is 0 Å². The molecule has 0 N–H and O–H groups in total. The Kier molecular flexibility index (Phi) is 3.78. The maximum Gasteiger partial charge on any atom is 0.522 e. The summed E-state index contributed by atoms with van der Waals surface area (Å²) in [5.74, 6) is 0.509. The molecule has 0 amide bonds. The maximum absolute atomic E-state index is 11.6. The predicted octanol–water partition coefficient (Wildman–Crippen LogP) is 2.25. The van der Waals surface area contributed by atoms with Gasteiger partial charge in [-0.05, 0) is 12.3 Å². The number of likely N-dealkylation sites (tertiary alicyclic amines) is 1. The van der Waals surface area contributed by atoms with Crippen molar-refractivity contribution in [3.63, 3.8) is 0 Å². The van der Waals surface area contributed by atoms with Gasteiger partial charge in [0, 0.05) is 19.1 Å². The van der Waals surface area contributed by atoms with Gasteiger partial charge in [-0.3, -0.25) is 9.64 Å². The molecule has 0 aromatic rings. The van der Waals surface area contributed by atoms with Gasteiger partial charge in [0.2, 0.25) is 0 Å². The highest BCUT2D eigenvalue weighted by molar-refractivity contribution is 4.84. The Labute approximate surface area is 82.0 Å². The van der Waals surface area contributed by atoms with Gasteiger partial charge in [0.25, 0.3) is 0 Å². The first kappa shape index (κ1) is 11.8. The molecule has 0 aliphatic carbocycles. The molecule has 14 heavy (non-hydrogen) atoms. The van der Waals surface area contributed by atoms with Crippen LogP contribution in [-0.2, 0) is 4.74 Å². The van der Waals surface area contributed by atoms with Crippen LogP contribution in [0.25, 0.3) is 0 Å². The summed E-state index contributed by atoms with van der Waals surface area (Å²) in [5, 5.41) is 0. The third-order valence-electron chi connectivity index (χ3n) is 2.59. The Hall–Kier alpha value is -0.290. The van der Waals surface area contributed by atoms with Crippen LogP contribution in [0.3, 0.4) is 0 Å². The fourth-order valence-electron chi connectivity index (χ4n) is 1.77. The molecule has 1 atom stereocenters. The lowest BCUT2D eigenvalue weighted by Crippen LogP contribution is -2.51. The molecular weight excluding hydrogens is 195 g/mol. The van der Waals surface area contributed by atoms with Crippen molar-refractivity contribution in [2.75, 3.05) is 19.7 Å². The Morgan fingerprint density at radius 2 is 2.07 bits per heavy atom. The molecule has 0 radical (unpaired) electrons. The van der Waals surface area contributed by atoms with Crippen LogP contribution in [0, 0.1) is 5.92 Å². The molecule has 0 spiro atoms. The molecule has 0 unspecified atom stereocenters. The number of halogens is 3. The Balaban J connectivity index is 2.14. The molecule has 1 rings (SSSR count). The Morgan fingerprint density at radius 1 is 1.43 bits per heavy atom. The van der Waals surface area contributed by atoms with Crippen molar-refractivity contribution in [3.8, 4) is 0 Å². The van der Waals surface area contributed by atoms with E-state index in [0.29, 0.717) is 18.5 Å². The smallest absolute Gasteiger partial charge is 0.298 e. The van der Waals surface area contributed by atoms with Crippen LogP contribution in [0.15, 0.2) is 0 Å². The van der Waals surface area contributed by atoms with E-state index in [1.807, 2.05) is 4.90 Å². The minimum atomic E-state index is -4.49. The molecule has 5 heteroatoms.